The summed E-state index contributed by atoms with van der Waals surface area (Å²) in [6.45, 7) is 1.71. The van der Waals surface area contributed by atoms with E-state index in [1.165, 1.54) is 6.07 Å². The number of amides is 1. The van der Waals surface area contributed by atoms with Gasteiger partial charge in [-0.3, -0.25) is 9.59 Å². The molecule has 1 N–H and O–H groups in total. The van der Waals surface area contributed by atoms with Gasteiger partial charge in [0.2, 0.25) is 10.0 Å². The zero-order valence-corrected chi connectivity index (χ0v) is 19.4. The monoisotopic (exact) mass is 486 g/mol. The first-order chi connectivity index (χ1) is 15.5. The molecule has 1 aromatic heterocycles. The second kappa shape index (κ2) is 8.61. The van der Waals surface area contributed by atoms with Gasteiger partial charge in [0.25, 0.3) is 5.91 Å². The molecule has 0 saturated carbocycles. The van der Waals surface area contributed by atoms with Crippen molar-refractivity contribution >= 4 is 49.8 Å². The summed E-state index contributed by atoms with van der Waals surface area (Å²) in [6, 6.07) is 9.67. The van der Waals surface area contributed by atoms with Crippen molar-refractivity contribution in [2.24, 2.45) is 0 Å². The van der Waals surface area contributed by atoms with Gasteiger partial charge in [0.1, 0.15) is 11.5 Å². The Morgan fingerprint density at radius 1 is 1.21 bits per heavy atom. The average molecular weight is 487 g/mol. The highest BCUT2D eigenvalue weighted by atomic mass is 35.5. The van der Waals surface area contributed by atoms with Crippen LogP contribution in [0.3, 0.4) is 0 Å². The number of benzene rings is 2. The summed E-state index contributed by atoms with van der Waals surface area (Å²) >= 11 is 6.24. The van der Waals surface area contributed by atoms with Crippen LogP contribution < -0.4 is 4.72 Å². The number of ketones is 1. The van der Waals surface area contributed by atoms with Gasteiger partial charge >= 0.3 is 0 Å². The number of carbonyl (C=O) groups excluding carboxylic acids is 2. The van der Waals surface area contributed by atoms with Crippen LogP contribution in [0, 0.1) is 12.7 Å². The molecule has 0 aliphatic heterocycles. The fourth-order valence-corrected chi connectivity index (χ4v) is 4.50. The molecule has 0 radical (unpaired) electrons. The third kappa shape index (κ3) is 4.62. The first-order valence-corrected chi connectivity index (χ1v) is 12.3. The lowest BCUT2D eigenvalue weighted by molar-refractivity contribution is -0.113. The molecule has 9 heteroatoms. The van der Waals surface area contributed by atoms with Gasteiger partial charge < -0.3 is 4.57 Å². The van der Waals surface area contributed by atoms with Crippen molar-refractivity contribution in [1.29, 1.82) is 0 Å². The van der Waals surface area contributed by atoms with Gasteiger partial charge in [0, 0.05) is 40.0 Å². The molecule has 0 saturated heterocycles. The highest BCUT2D eigenvalue weighted by molar-refractivity contribution is 7.89. The Kier molecular flexibility index (Phi) is 5.99. The molecular weight excluding hydrogens is 467 g/mol. The third-order valence-corrected chi connectivity index (χ3v) is 6.16. The highest BCUT2D eigenvalue weighted by Crippen LogP contribution is 2.36. The largest absolute Gasteiger partial charge is 0.331 e. The predicted octanol–water partition coefficient (Wildman–Crippen LogP) is 4.39. The summed E-state index contributed by atoms with van der Waals surface area (Å²) < 4.78 is 41.6. The van der Waals surface area contributed by atoms with Gasteiger partial charge in [-0.05, 0) is 42.3 Å². The maximum Gasteiger partial charge on any atom is 0.282 e. The van der Waals surface area contributed by atoms with Crippen LogP contribution in [0.2, 0.25) is 5.02 Å². The van der Waals surface area contributed by atoms with Crippen LogP contribution in [0.25, 0.3) is 16.5 Å². The maximum atomic E-state index is 14.2. The van der Waals surface area contributed by atoms with E-state index < -0.39 is 21.7 Å². The smallest absolute Gasteiger partial charge is 0.282 e. The van der Waals surface area contributed by atoms with E-state index >= 15 is 0 Å². The molecule has 0 spiro atoms. The van der Waals surface area contributed by atoms with Crippen molar-refractivity contribution in [3.63, 3.8) is 0 Å². The molecule has 1 aliphatic carbocycles. The molecule has 33 heavy (non-hydrogen) atoms. The number of aromatic nitrogens is 1. The van der Waals surface area contributed by atoms with Crippen LogP contribution in [-0.2, 0) is 21.4 Å². The molecular formula is C24H20ClFN2O4S. The number of hydrogen-bond acceptors (Lipinski definition) is 4. The van der Waals surface area contributed by atoms with E-state index in [0.29, 0.717) is 27.1 Å². The summed E-state index contributed by atoms with van der Waals surface area (Å²) in [7, 11) is -3.90. The predicted molar refractivity (Wildman–Crippen MR) is 126 cm³/mol. The second-order valence-corrected chi connectivity index (χ2v) is 10.1. The molecule has 1 heterocycles. The lowest BCUT2D eigenvalue weighted by Crippen LogP contribution is -2.32. The van der Waals surface area contributed by atoms with Gasteiger partial charge in [-0.25, -0.2) is 17.5 Å². The SMILES string of the molecule is Cc1ccc(Cn2c(C(=O)NS(C)(=O)=O)c(C3=CC=CCC3=O)c3cc(Cl)ccc32)cc1F. The van der Waals surface area contributed by atoms with E-state index in [-0.39, 0.29) is 35.6 Å². The lowest BCUT2D eigenvalue weighted by Gasteiger charge is -2.14. The van der Waals surface area contributed by atoms with Crippen molar-refractivity contribution in [2.75, 3.05) is 6.26 Å². The van der Waals surface area contributed by atoms with Crippen molar-refractivity contribution in [3.8, 4) is 0 Å². The minimum atomic E-state index is -3.90. The zero-order chi connectivity index (χ0) is 23.9. The Hall–Kier alpha value is -3.23. The van der Waals surface area contributed by atoms with Crippen LogP contribution in [0.1, 0.15) is 33.6 Å². The van der Waals surface area contributed by atoms with Crippen molar-refractivity contribution in [1.82, 2.24) is 9.29 Å². The first kappa shape index (κ1) is 22.9. The summed E-state index contributed by atoms with van der Waals surface area (Å²) in [4.78, 5) is 26.0. The summed E-state index contributed by atoms with van der Waals surface area (Å²) in [5, 5.41) is 0.903. The first-order valence-electron chi connectivity index (χ1n) is 10.0. The summed E-state index contributed by atoms with van der Waals surface area (Å²) in [5.74, 6) is -1.51. The molecule has 0 bridgehead atoms. The lowest BCUT2D eigenvalue weighted by atomic mass is 9.93. The number of halogens is 2. The molecule has 1 aliphatic rings. The Labute approximate surface area is 195 Å². The normalized spacial score (nSPS) is 13.9. The number of carbonyl (C=O) groups is 2. The fraction of sp³-hybridized carbons (Fsp3) is 0.167. The quantitative estimate of drug-likeness (QED) is 0.579. The number of rotatable bonds is 5. The molecule has 2 aromatic carbocycles. The van der Waals surface area contributed by atoms with E-state index in [0.717, 1.165) is 6.26 Å². The Morgan fingerprint density at radius 2 is 1.97 bits per heavy atom. The number of allylic oxidation sites excluding steroid dienone is 4. The van der Waals surface area contributed by atoms with Crippen molar-refractivity contribution in [3.05, 3.63) is 87.9 Å². The molecule has 0 fully saturated rings. The highest BCUT2D eigenvalue weighted by Gasteiger charge is 2.29. The molecule has 0 unspecified atom stereocenters. The average Bonchev–Trinajstić information content (AvgIpc) is 3.03. The van der Waals surface area contributed by atoms with Gasteiger partial charge in [0.15, 0.2) is 5.78 Å². The Bertz CT molecular complexity index is 1490. The standard InChI is InChI=1S/C24H20ClFN2O4S/c1-14-7-8-15(11-19(14)26)13-28-20-10-9-16(25)12-18(20)22(17-5-3-4-6-21(17)29)23(28)24(30)27-33(2,31)32/h3-5,7-12H,6,13H2,1-2H3,(H,27,30). The summed E-state index contributed by atoms with van der Waals surface area (Å²) in [5.41, 5.74) is 2.14. The topological polar surface area (TPSA) is 85.2 Å². The minimum Gasteiger partial charge on any atom is -0.331 e. The van der Waals surface area contributed by atoms with E-state index in [1.807, 2.05) is 4.72 Å². The zero-order valence-electron chi connectivity index (χ0n) is 17.9. The molecule has 0 atom stereocenters. The molecule has 1 amide bonds. The number of Topliss-reactive ketones (excluding diaryl/α,β-unsaturated/α-hetero) is 1. The van der Waals surface area contributed by atoms with Crippen LogP contribution in [0.4, 0.5) is 4.39 Å². The van der Waals surface area contributed by atoms with Crippen LogP contribution >= 0.6 is 11.6 Å². The number of nitrogens with one attached hydrogen (secondary N) is 1. The minimum absolute atomic E-state index is 0.0198. The molecule has 3 aromatic rings. The van der Waals surface area contributed by atoms with E-state index in [9.17, 15) is 22.4 Å². The van der Waals surface area contributed by atoms with Crippen molar-refractivity contribution < 1.29 is 22.4 Å². The van der Waals surface area contributed by atoms with E-state index in [4.69, 9.17) is 11.6 Å². The number of fused-ring (bicyclic) bond motifs is 1. The third-order valence-electron chi connectivity index (χ3n) is 5.37. The Morgan fingerprint density at radius 3 is 2.64 bits per heavy atom. The van der Waals surface area contributed by atoms with E-state index in [1.54, 1.807) is 60.1 Å². The fourth-order valence-electron chi connectivity index (χ4n) is 3.90. The van der Waals surface area contributed by atoms with Crippen LogP contribution in [0.5, 0.6) is 0 Å². The summed E-state index contributed by atoms with van der Waals surface area (Å²) in [6.07, 6.45) is 6.02. The molecule has 4 rings (SSSR count). The molecule has 6 nitrogen and oxygen atoms in total. The Balaban J connectivity index is 2.04. The van der Waals surface area contributed by atoms with Gasteiger partial charge in [0.05, 0.1) is 6.26 Å². The second-order valence-electron chi connectivity index (χ2n) is 7.89. The van der Waals surface area contributed by atoms with Crippen LogP contribution in [-0.4, -0.2) is 30.9 Å². The number of sulfonamides is 1. The van der Waals surface area contributed by atoms with E-state index in [2.05, 4.69) is 0 Å². The number of aryl methyl sites for hydroxylation is 1. The van der Waals surface area contributed by atoms with Crippen molar-refractivity contribution in [2.45, 2.75) is 19.9 Å². The van der Waals surface area contributed by atoms with Crippen LogP contribution in [0.15, 0.2) is 54.6 Å². The maximum absolute atomic E-state index is 14.2. The van der Waals surface area contributed by atoms with Gasteiger partial charge in [-0.15, -0.1) is 0 Å². The van der Waals surface area contributed by atoms with Gasteiger partial charge in [-0.2, -0.15) is 0 Å². The number of hydrogen-bond donors (Lipinski definition) is 1. The number of nitrogens with zero attached hydrogens (tertiary/aromatic N) is 1. The van der Waals surface area contributed by atoms with Gasteiger partial charge in [-0.1, -0.05) is 42.0 Å². The molecule has 170 valence electrons.